The fourth-order valence-electron chi connectivity index (χ4n) is 2.02. The molecule has 18 heavy (non-hydrogen) atoms. The SMILES string of the molecule is COc1cnn(C)c1C(N)Cc1cccc(Cl)c1. The van der Waals surface area contributed by atoms with Crippen LogP contribution < -0.4 is 10.5 Å². The van der Waals surface area contributed by atoms with Crippen LogP contribution in [0.1, 0.15) is 17.3 Å². The van der Waals surface area contributed by atoms with E-state index in [-0.39, 0.29) is 6.04 Å². The molecule has 5 heteroatoms. The Morgan fingerprint density at radius 2 is 2.28 bits per heavy atom. The standard InChI is InChI=1S/C13H16ClN3O/c1-17-13(12(18-2)8-16-17)11(15)7-9-4-3-5-10(14)6-9/h3-6,8,11H,7,15H2,1-2H3. The average Bonchev–Trinajstić information content (AvgIpc) is 2.70. The van der Waals surface area contributed by atoms with Crippen LogP contribution in [0.15, 0.2) is 30.5 Å². The lowest BCUT2D eigenvalue weighted by molar-refractivity contribution is 0.402. The maximum absolute atomic E-state index is 6.21. The highest BCUT2D eigenvalue weighted by atomic mass is 35.5. The number of nitrogens with two attached hydrogens (primary N) is 1. The molecule has 0 aliphatic heterocycles. The van der Waals surface area contributed by atoms with Crippen LogP contribution in [0, 0.1) is 0 Å². The van der Waals surface area contributed by atoms with E-state index in [9.17, 15) is 0 Å². The third-order valence-corrected chi connectivity index (χ3v) is 3.10. The van der Waals surface area contributed by atoms with Crippen molar-refractivity contribution in [2.45, 2.75) is 12.5 Å². The van der Waals surface area contributed by atoms with Crippen molar-refractivity contribution < 1.29 is 4.74 Å². The number of benzene rings is 1. The summed E-state index contributed by atoms with van der Waals surface area (Å²) in [5.74, 6) is 0.715. The second-order valence-corrected chi connectivity index (χ2v) is 4.60. The zero-order valence-electron chi connectivity index (χ0n) is 10.4. The van der Waals surface area contributed by atoms with Gasteiger partial charge in [0.1, 0.15) is 0 Å². The maximum Gasteiger partial charge on any atom is 0.161 e. The molecule has 0 bridgehead atoms. The number of rotatable bonds is 4. The number of methoxy groups -OCH3 is 1. The summed E-state index contributed by atoms with van der Waals surface area (Å²) in [4.78, 5) is 0. The molecule has 0 saturated carbocycles. The van der Waals surface area contributed by atoms with Gasteiger partial charge < -0.3 is 10.5 Å². The molecule has 1 aromatic heterocycles. The minimum Gasteiger partial charge on any atom is -0.493 e. The number of ether oxygens (including phenoxy) is 1. The third kappa shape index (κ3) is 2.66. The lowest BCUT2D eigenvalue weighted by Gasteiger charge is -2.14. The van der Waals surface area contributed by atoms with Crippen molar-refractivity contribution in [3.05, 3.63) is 46.7 Å². The monoisotopic (exact) mass is 265 g/mol. The van der Waals surface area contributed by atoms with Crippen molar-refractivity contribution in [3.8, 4) is 5.75 Å². The molecular formula is C13H16ClN3O. The van der Waals surface area contributed by atoms with Gasteiger partial charge in [0.2, 0.25) is 0 Å². The Balaban J connectivity index is 2.21. The molecule has 2 aromatic rings. The van der Waals surface area contributed by atoms with Gasteiger partial charge in [0.15, 0.2) is 5.75 Å². The molecule has 0 aliphatic carbocycles. The van der Waals surface area contributed by atoms with Gasteiger partial charge in [-0.3, -0.25) is 4.68 Å². The van der Waals surface area contributed by atoms with Gasteiger partial charge in [0, 0.05) is 12.1 Å². The molecule has 0 aliphatic rings. The van der Waals surface area contributed by atoms with Gasteiger partial charge in [0.05, 0.1) is 25.0 Å². The van der Waals surface area contributed by atoms with Crippen LogP contribution in [0.25, 0.3) is 0 Å². The predicted molar refractivity (Wildman–Crippen MR) is 71.8 cm³/mol. The second kappa shape index (κ2) is 5.42. The normalized spacial score (nSPS) is 12.4. The van der Waals surface area contributed by atoms with Crippen LogP contribution in [0.4, 0.5) is 0 Å². The summed E-state index contributed by atoms with van der Waals surface area (Å²) in [6.07, 6.45) is 2.36. The first-order valence-corrected chi connectivity index (χ1v) is 6.05. The van der Waals surface area contributed by atoms with Crippen LogP contribution in [-0.2, 0) is 13.5 Å². The largest absolute Gasteiger partial charge is 0.493 e. The van der Waals surface area contributed by atoms with Gasteiger partial charge in [0.25, 0.3) is 0 Å². The van der Waals surface area contributed by atoms with Crippen LogP contribution >= 0.6 is 11.6 Å². The molecule has 0 spiro atoms. The molecule has 0 fully saturated rings. The molecule has 0 radical (unpaired) electrons. The Morgan fingerprint density at radius 3 is 2.94 bits per heavy atom. The van der Waals surface area contributed by atoms with Crippen molar-refractivity contribution in [3.63, 3.8) is 0 Å². The van der Waals surface area contributed by atoms with E-state index in [0.29, 0.717) is 12.2 Å². The molecule has 1 heterocycles. The minimum absolute atomic E-state index is 0.175. The maximum atomic E-state index is 6.21. The van der Waals surface area contributed by atoms with Crippen LogP contribution in [-0.4, -0.2) is 16.9 Å². The number of nitrogens with zero attached hydrogens (tertiary/aromatic N) is 2. The van der Waals surface area contributed by atoms with Gasteiger partial charge >= 0.3 is 0 Å². The van der Waals surface area contributed by atoms with Gasteiger partial charge in [-0.25, -0.2) is 0 Å². The first kappa shape index (κ1) is 12.9. The summed E-state index contributed by atoms with van der Waals surface area (Å²) < 4.78 is 7.00. The zero-order valence-corrected chi connectivity index (χ0v) is 11.2. The van der Waals surface area contributed by atoms with E-state index in [2.05, 4.69) is 5.10 Å². The van der Waals surface area contributed by atoms with E-state index in [1.165, 1.54) is 0 Å². The molecule has 1 unspecified atom stereocenters. The molecule has 2 N–H and O–H groups in total. The highest BCUT2D eigenvalue weighted by Gasteiger charge is 2.17. The molecule has 0 saturated heterocycles. The first-order chi connectivity index (χ1) is 8.61. The Labute approximate surface area is 111 Å². The summed E-state index contributed by atoms with van der Waals surface area (Å²) in [5, 5.41) is 4.87. The average molecular weight is 266 g/mol. The molecule has 2 rings (SSSR count). The molecular weight excluding hydrogens is 250 g/mol. The van der Waals surface area contributed by atoms with Crippen molar-refractivity contribution in [1.82, 2.24) is 9.78 Å². The molecule has 1 atom stereocenters. The van der Waals surface area contributed by atoms with Crippen molar-refractivity contribution >= 4 is 11.6 Å². The van der Waals surface area contributed by atoms with E-state index in [4.69, 9.17) is 22.1 Å². The second-order valence-electron chi connectivity index (χ2n) is 4.16. The summed E-state index contributed by atoms with van der Waals surface area (Å²) in [7, 11) is 3.47. The van der Waals surface area contributed by atoms with Crippen molar-refractivity contribution in [2.24, 2.45) is 12.8 Å². The van der Waals surface area contributed by atoms with E-state index in [1.807, 2.05) is 31.3 Å². The number of hydrogen-bond donors (Lipinski definition) is 1. The Morgan fingerprint density at radius 1 is 1.50 bits per heavy atom. The number of halogens is 1. The smallest absolute Gasteiger partial charge is 0.161 e. The Bertz CT molecular complexity index is 539. The van der Waals surface area contributed by atoms with Crippen LogP contribution in [0.5, 0.6) is 5.75 Å². The van der Waals surface area contributed by atoms with Crippen LogP contribution in [0.3, 0.4) is 0 Å². The highest BCUT2D eigenvalue weighted by molar-refractivity contribution is 6.30. The topological polar surface area (TPSA) is 53.1 Å². The van der Waals surface area contributed by atoms with Crippen molar-refractivity contribution in [1.29, 1.82) is 0 Å². The number of hydrogen-bond acceptors (Lipinski definition) is 3. The molecule has 0 amide bonds. The fourth-order valence-corrected chi connectivity index (χ4v) is 2.23. The van der Waals surface area contributed by atoms with E-state index >= 15 is 0 Å². The quantitative estimate of drug-likeness (QED) is 0.923. The Kier molecular flexibility index (Phi) is 3.89. The van der Waals surface area contributed by atoms with Gasteiger partial charge in [-0.1, -0.05) is 23.7 Å². The number of aryl methyl sites for hydroxylation is 1. The van der Waals surface area contributed by atoms with E-state index in [0.717, 1.165) is 16.3 Å². The Hall–Kier alpha value is -1.52. The molecule has 96 valence electrons. The molecule has 1 aromatic carbocycles. The van der Waals surface area contributed by atoms with Crippen LogP contribution in [0.2, 0.25) is 5.02 Å². The zero-order chi connectivity index (χ0) is 13.1. The third-order valence-electron chi connectivity index (χ3n) is 2.87. The lowest BCUT2D eigenvalue weighted by atomic mass is 10.0. The first-order valence-electron chi connectivity index (χ1n) is 5.67. The van der Waals surface area contributed by atoms with Gasteiger partial charge in [-0.2, -0.15) is 5.10 Å². The summed E-state index contributed by atoms with van der Waals surface area (Å²) in [5.41, 5.74) is 8.20. The van der Waals surface area contributed by atoms with Crippen molar-refractivity contribution in [2.75, 3.05) is 7.11 Å². The van der Waals surface area contributed by atoms with E-state index < -0.39 is 0 Å². The fraction of sp³-hybridized carbons (Fsp3) is 0.308. The van der Waals surface area contributed by atoms with Gasteiger partial charge in [-0.05, 0) is 24.1 Å². The predicted octanol–water partition coefficient (Wildman–Crippen LogP) is 2.32. The highest BCUT2D eigenvalue weighted by Crippen LogP contribution is 2.25. The lowest BCUT2D eigenvalue weighted by Crippen LogP contribution is -2.18. The summed E-state index contributed by atoms with van der Waals surface area (Å²) in [6, 6.07) is 7.52. The summed E-state index contributed by atoms with van der Waals surface area (Å²) in [6.45, 7) is 0. The minimum atomic E-state index is -0.175. The number of aromatic nitrogens is 2. The summed E-state index contributed by atoms with van der Waals surface area (Å²) >= 11 is 5.96. The van der Waals surface area contributed by atoms with E-state index in [1.54, 1.807) is 18.0 Å². The molecule has 4 nitrogen and oxygen atoms in total. The van der Waals surface area contributed by atoms with Gasteiger partial charge in [-0.15, -0.1) is 0 Å².